The second-order valence-corrected chi connectivity index (χ2v) is 5.64. The van der Waals surface area contributed by atoms with Gasteiger partial charge in [0.2, 0.25) is 5.89 Å². The van der Waals surface area contributed by atoms with E-state index in [1.54, 1.807) is 0 Å². The molecule has 0 radical (unpaired) electrons. The fraction of sp³-hybridized carbons (Fsp3) is 0.833. The smallest absolute Gasteiger partial charge is 0.226 e. The Labute approximate surface area is 108 Å². The van der Waals surface area contributed by atoms with Gasteiger partial charge in [-0.25, -0.2) is 0 Å². The fourth-order valence-corrected chi connectivity index (χ4v) is 2.32. The van der Waals surface area contributed by atoms with Gasteiger partial charge in [0.05, 0.1) is 5.75 Å². The molecule has 0 fully saturated rings. The van der Waals surface area contributed by atoms with Crippen LogP contribution < -0.4 is 5.73 Å². The van der Waals surface area contributed by atoms with Crippen molar-refractivity contribution in [3.05, 3.63) is 11.7 Å². The first-order valence-electron chi connectivity index (χ1n) is 6.31. The molecular weight excluding hydrogens is 234 g/mol. The van der Waals surface area contributed by atoms with Crippen LogP contribution in [-0.4, -0.2) is 22.4 Å². The number of hydrogen-bond donors (Lipinski definition) is 1. The van der Waals surface area contributed by atoms with Gasteiger partial charge in [-0.15, -0.1) is 0 Å². The number of nitrogens with two attached hydrogens (primary N) is 1. The van der Waals surface area contributed by atoms with Crippen molar-refractivity contribution in [1.82, 2.24) is 10.1 Å². The molecule has 2 N–H and O–H groups in total. The van der Waals surface area contributed by atoms with Crippen LogP contribution in [0.2, 0.25) is 0 Å². The third-order valence-electron chi connectivity index (χ3n) is 2.29. The normalized spacial score (nSPS) is 11.3. The van der Waals surface area contributed by atoms with Gasteiger partial charge in [0.1, 0.15) is 0 Å². The van der Waals surface area contributed by atoms with Gasteiger partial charge in [0.25, 0.3) is 0 Å². The van der Waals surface area contributed by atoms with Crippen LogP contribution in [0.1, 0.15) is 44.8 Å². The molecule has 0 amide bonds. The second-order valence-electron chi connectivity index (χ2n) is 4.61. The van der Waals surface area contributed by atoms with Gasteiger partial charge in [-0.1, -0.05) is 25.4 Å². The van der Waals surface area contributed by atoms with Crippen molar-refractivity contribution in [1.29, 1.82) is 0 Å². The van der Waals surface area contributed by atoms with E-state index in [-0.39, 0.29) is 0 Å². The minimum Gasteiger partial charge on any atom is -0.339 e. The quantitative estimate of drug-likeness (QED) is 0.689. The Balaban J connectivity index is 2.18. The summed E-state index contributed by atoms with van der Waals surface area (Å²) >= 11 is 1.86. The highest BCUT2D eigenvalue weighted by Crippen LogP contribution is 2.13. The number of aromatic nitrogens is 2. The summed E-state index contributed by atoms with van der Waals surface area (Å²) in [5.41, 5.74) is 5.44. The van der Waals surface area contributed by atoms with Crippen LogP contribution >= 0.6 is 11.8 Å². The summed E-state index contributed by atoms with van der Waals surface area (Å²) in [5, 5.41) is 3.98. The molecule has 0 aliphatic rings. The van der Waals surface area contributed by atoms with Gasteiger partial charge < -0.3 is 10.3 Å². The fourth-order valence-electron chi connectivity index (χ4n) is 1.43. The number of hydrogen-bond acceptors (Lipinski definition) is 5. The molecule has 0 saturated carbocycles. The van der Waals surface area contributed by atoms with E-state index in [0.29, 0.717) is 5.92 Å². The van der Waals surface area contributed by atoms with E-state index in [0.717, 1.165) is 55.4 Å². The van der Waals surface area contributed by atoms with Crippen LogP contribution in [-0.2, 0) is 12.2 Å². The maximum atomic E-state index is 5.44. The van der Waals surface area contributed by atoms with E-state index < -0.39 is 0 Å². The van der Waals surface area contributed by atoms with Crippen LogP contribution in [0.5, 0.6) is 0 Å². The summed E-state index contributed by atoms with van der Waals surface area (Å²) in [7, 11) is 0. The van der Waals surface area contributed by atoms with Crippen molar-refractivity contribution in [2.24, 2.45) is 11.7 Å². The van der Waals surface area contributed by atoms with Crippen LogP contribution in [0.3, 0.4) is 0 Å². The summed E-state index contributed by atoms with van der Waals surface area (Å²) in [4.78, 5) is 4.37. The minimum atomic E-state index is 0.711. The molecule has 0 aliphatic carbocycles. The standard InChI is InChI=1S/C12H23N3OS/c1-10(2)8-17-9-11-14-12(16-15-11)6-4-3-5-7-13/h10H,3-9,13H2,1-2H3. The topological polar surface area (TPSA) is 64.9 Å². The molecular formula is C12H23N3OS. The van der Waals surface area contributed by atoms with Crippen LogP contribution in [0.4, 0.5) is 0 Å². The third-order valence-corrected chi connectivity index (χ3v) is 3.65. The molecule has 5 heteroatoms. The molecule has 1 heterocycles. The van der Waals surface area contributed by atoms with Crippen molar-refractivity contribution < 1.29 is 4.52 Å². The van der Waals surface area contributed by atoms with Gasteiger partial charge in [-0.05, 0) is 31.1 Å². The predicted octanol–water partition coefficient (Wildman–Crippen LogP) is 2.63. The Morgan fingerprint density at radius 2 is 2.12 bits per heavy atom. The van der Waals surface area contributed by atoms with E-state index in [2.05, 4.69) is 24.0 Å². The highest BCUT2D eigenvalue weighted by molar-refractivity contribution is 7.98. The first-order valence-corrected chi connectivity index (χ1v) is 7.47. The summed E-state index contributed by atoms with van der Waals surface area (Å²) < 4.78 is 5.20. The lowest BCUT2D eigenvalue weighted by Crippen LogP contribution is -1.98. The van der Waals surface area contributed by atoms with E-state index in [9.17, 15) is 0 Å². The average Bonchev–Trinajstić information content (AvgIpc) is 2.72. The Kier molecular flexibility index (Phi) is 7.28. The van der Waals surface area contributed by atoms with Crippen molar-refractivity contribution in [3.63, 3.8) is 0 Å². The molecule has 98 valence electrons. The molecule has 4 nitrogen and oxygen atoms in total. The second kappa shape index (κ2) is 8.53. The molecule has 0 atom stereocenters. The number of rotatable bonds is 9. The Hall–Kier alpha value is -0.550. The number of thioether (sulfide) groups is 1. The SMILES string of the molecule is CC(C)CSCc1noc(CCCCCN)n1. The maximum Gasteiger partial charge on any atom is 0.226 e. The molecule has 0 saturated heterocycles. The lowest BCUT2D eigenvalue weighted by atomic mass is 10.2. The van der Waals surface area contributed by atoms with Gasteiger partial charge in [-0.3, -0.25) is 0 Å². The van der Waals surface area contributed by atoms with Gasteiger partial charge in [-0.2, -0.15) is 16.7 Å². The Morgan fingerprint density at radius 1 is 1.29 bits per heavy atom. The Morgan fingerprint density at radius 3 is 2.82 bits per heavy atom. The molecule has 1 rings (SSSR count). The van der Waals surface area contributed by atoms with E-state index in [1.165, 1.54) is 0 Å². The summed E-state index contributed by atoms with van der Waals surface area (Å²) in [5.74, 6) is 4.29. The van der Waals surface area contributed by atoms with Crippen LogP contribution in [0, 0.1) is 5.92 Å². The maximum absolute atomic E-state index is 5.44. The van der Waals surface area contributed by atoms with E-state index in [4.69, 9.17) is 10.3 Å². The molecule has 1 aromatic rings. The van der Waals surface area contributed by atoms with Crippen molar-refractivity contribution in [2.45, 2.75) is 45.3 Å². The van der Waals surface area contributed by atoms with Crippen molar-refractivity contribution in [2.75, 3.05) is 12.3 Å². The highest BCUT2D eigenvalue weighted by Gasteiger charge is 2.06. The third kappa shape index (κ3) is 6.68. The van der Waals surface area contributed by atoms with Gasteiger partial charge >= 0.3 is 0 Å². The number of aryl methyl sites for hydroxylation is 1. The zero-order valence-corrected chi connectivity index (χ0v) is 11.6. The first-order chi connectivity index (χ1) is 8.22. The summed E-state index contributed by atoms with van der Waals surface area (Å²) in [6.45, 7) is 5.19. The molecule has 1 aromatic heterocycles. The largest absolute Gasteiger partial charge is 0.339 e. The average molecular weight is 257 g/mol. The van der Waals surface area contributed by atoms with Crippen molar-refractivity contribution >= 4 is 11.8 Å². The molecule has 0 bridgehead atoms. The zero-order chi connectivity index (χ0) is 12.5. The molecule has 0 spiro atoms. The van der Waals surface area contributed by atoms with Crippen LogP contribution in [0.25, 0.3) is 0 Å². The molecule has 0 aliphatic heterocycles. The summed E-state index contributed by atoms with van der Waals surface area (Å²) in [6.07, 6.45) is 4.17. The predicted molar refractivity (Wildman–Crippen MR) is 71.9 cm³/mol. The lowest BCUT2D eigenvalue weighted by molar-refractivity contribution is 0.370. The molecule has 17 heavy (non-hydrogen) atoms. The Bertz CT molecular complexity index is 302. The van der Waals surface area contributed by atoms with Gasteiger partial charge in [0.15, 0.2) is 5.82 Å². The monoisotopic (exact) mass is 257 g/mol. The highest BCUT2D eigenvalue weighted by atomic mass is 32.2. The minimum absolute atomic E-state index is 0.711. The van der Waals surface area contributed by atoms with E-state index >= 15 is 0 Å². The number of nitrogens with zero attached hydrogens (tertiary/aromatic N) is 2. The van der Waals surface area contributed by atoms with Gasteiger partial charge in [0, 0.05) is 6.42 Å². The lowest BCUT2D eigenvalue weighted by Gasteiger charge is -2.00. The zero-order valence-electron chi connectivity index (χ0n) is 10.8. The van der Waals surface area contributed by atoms with E-state index in [1.807, 2.05) is 11.8 Å². The molecule has 0 unspecified atom stereocenters. The first kappa shape index (κ1) is 14.5. The van der Waals surface area contributed by atoms with Crippen molar-refractivity contribution in [3.8, 4) is 0 Å². The van der Waals surface area contributed by atoms with Crippen LogP contribution in [0.15, 0.2) is 4.52 Å². The molecule has 0 aromatic carbocycles. The summed E-state index contributed by atoms with van der Waals surface area (Å²) in [6, 6.07) is 0. The number of unbranched alkanes of at least 4 members (excludes halogenated alkanes) is 2.